The number of imidazole rings is 1. The Hall–Kier alpha value is -2.97. The van der Waals surface area contributed by atoms with Gasteiger partial charge in [-0.05, 0) is 34.6 Å². The Morgan fingerprint density at radius 2 is 2.10 bits per heavy atom. The fourth-order valence-corrected chi connectivity index (χ4v) is 3.32. The van der Waals surface area contributed by atoms with Gasteiger partial charge in [-0.1, -0.05) is 18.7 Å². The van der Waals surface area contributed by atoms with Crippen molar-refractivity contribution in [3.05, 3.63) is 30.9 Å². The molecule has 0 bridgehead atoms. The zero-order valence-corrected chi connectivity index (χ0v) is 18.1. The second-order valence-electron chi connectivity index (χ2n) is 8.04. The molecule has 1 fully saturated rings. The molecule has 9 heteroatoms. The molecular formula is C21H28FN5O3. The lowest BCUT2D eigenvalue weighted by Gasteiger charge is -2.24. The summed E-state index contributed by atoms with van der Waals surface area (Å²) in [4.78, 5) is 26.7. The lowest BCUT2D eigenvalue weighted by Crippen LogP contribution is -2.36. The summed E-state index contributed by atoms with van der Waals surface area (Å²) in [5, 5.41) is 0. The van der Waals surface area contributed by atoms with Gasteiger partial charge in [0.05, 0.1) is 13.1 Å². The van der Waals surface area contributed by atoms with Crippen molar-refractivity contribution in [2.24, 2.45) is 0 Å². The maximum atomic E-state index is 14.6. The van der Waals surface area contributed by atoms with Gasteiger partial charge in [-0.2, -0.15) is 4.98 Å². The Morgan fingerprint density at radius 3 is 2.70 bits per heavy atom. The van der Waals surface area contributed by atoms with Crippen LogP contribution in [0.2, 0.25) is 0 Å². The fourth-order valence-electron chi connectivity index (χ4n) is 3.32. The smallest absolute Gasteiger partial charge is 0.410 e. The van der Waals surface area contributed by atoms with Crippen LogP contribution >= 0.6 is 0 Å². The molecule has 0 spiro atoms. The zero-order valence-electron chi connectivity index (χ0n) is 18.1. The number of carbonyl (C=O) groups excluding carboxylic acids is 1. The predicted octanol–water partition coefficient (Wildman–Crippen LogP) is 3.77. The Bertz CT molecular complexity index is 979. The first-order valence-electron chi connectivity index (χ1n) is 9.97. The lowest BCUT2D eigenvalue weighted by atomic mass is 10.2. The van der Waals surface area contributed by atoms with Crippen LogP contribution in [-0.2, 0) is 11.3 Å². The number of fused-ring (bicyclic) bond motifs is 1. The topological polar surface area (TPSA) is 82.4 Å². The Balaban J connectivity index is 1.87. The number of rotatable bonds is 5. The van der Waals surface area contributed by atoms with Crippen LogP contribution in [-0.4, -0.2) is 61.5 Å². The molecule has 2 atom stereocenters. The third kappa shape index (κ3) is 4.29. The number of hydrogen-bond acceptors (Lipinski definition) is 6. The fraction of sp³-hybridized carbons (Fsp3) is 0.524. The number of halogens is 1. The molecule has 0 N–H and O–H groups in total. The van der Waals surface area contributed by atoms with E-state index < -0.39 is 24.0 Å². The molecule has 1 saturated heterocycles. The van der Waals surface area contributed by atoms with Crippen LogP contribution in [0.5, 0.6) is 5.88 Å². The van der Waals surface area contributed by atoms with Gasteiger partial charge in [0, 0.05) is 12.1 Å². The highest BCUT2D eigenvalue weighted by molar-refractivity contribution is 5.82. The van der Waals surface area contributed by atoms with Gasteiger partial charge in [-0.25, -0.2) is 19.2 Å². The molecule has 1 amide bonds. The van der Waals surface area contributed by atoms with Gasteiger partial charge in [0.2, 0.25) is 5.88 Å². The van der Waals surface area contributed by atoms with Crippen molar-refractivity contribution >= 4 is 22.8 Å². The molecule has 30 heavy (non-hydrogen) atoms. The van der Waals surface area contributed by atoms with Crippen LogP contribution in [0.3, 0.4) is 0 Å². The maximum absolute atomic E-state index is 14.6. The van der Waals surface area contributed by atoms with E-state index in [0.29, 0.717) is 23.5 Å². The van der Waals surface area contributed by atoms with Gasteiger partial charge in [0.25, 0.3) is 0 Å². The number of hydrogen-bond donors (Lipinski definition) is 0. The molecule has 2 unspecified atom stereocenters. The van der Waals surface area contributed by atoms with E-state index in [1.807, 2.05) is 24.5 Å². The first kappa shape index (κ1) is 21.7. The summed E-state index contributed by atoms with van der Waals surface area (Å²) in [6.45, 7) is 13.6. The van der Waals surface area contributed by atoms with Crippen LogP contribution in [0, 0.1) is 0 Å². The number of aryl methyl sites for hydroxylation is 1. The average Bonchev–Trinajstić information content (AvgIpc) is 3.23. The molecule has 0 aromatic carbocycles. The Morgan fingerprint density at radius 1 is 1.37 bits per heavy atom. The monoisotopic (exact) mass is 417 g/mol. The lowest BCUT2D eigenvalue weighted by molar-refractivity contribution is 0.0273. The second-order valence-corrected chi connectivity index (χ2v) is 8.04. The molecule has 2 aromatic rings. The summed E-state index contributed by atoms with van der Waals surface area (Å²) >= 11 is 0. The van der Waals surface area contributed by atoms with Crippen molar-refractivity contribution in [2.75, 3.05) is 13.1 Å². The number of ether oxygens (including phenoxy) is 2. The summed E-state index contributed by atoms with van der Waals surface area (Å²) in [7, 11) is 0. The summed E-state index contributed by atoms with van der Waals surface area (Å²) in [6.07, 6.45) is 2.19. The van der Waals surface area contributed by atoms with Crippen molar-refractivity contribution in [3.63, 3.8) is 0 Å². The van der Waals surface area contributed by atoms with Crippen molar-refractivity contribution in [1.29, 1.82) is 0 Å². The highest BCUT2D eigenvalue weighted by Gasteiger charge is 2.39. The van der Waals surface area contributed by atoms with Gasteiger partial charge < -0.3 is 18.9 Å². The van der Waals surface area contributed by atoms with Gasteiger partial charge in [0.1, 0.15) is 17.8 Å². The number of likely N-dealkylation sites (tertiary alicyclic amines) is 1. The van der Waals surface area contributed by atoms with E-state index in [9.17, 15) is 9.18 Å². The van der Waals surface area contributed by atoms with Gasteiger partial charge >= 0.3 is 6.09 Å². The van der Waals surface area contributed by atoms with Crippen molar-refractivity contribution in [1.82, 2.24) is 24.4 Å². The molecule has 8 nitrogen and oxygen atoms in total. The predicted molar refractivity (Wildman–Crippen MR) is 112 cm³/mol. The first-order valence-corrected chi connectivity index (χ1v) is 9.97. The summed E-state index contributed by atoms with van der Waals surface area (Å²) in [6, 6.07) is 0. The molecule has 0 aliphatic carbocycles. The van der Waals surface area contributed by atoms with E-state index in [1.165, 1.54) is 11.2 Å². The molecule has 162 valence electrons. The van der Waals surface area contributed by atoms with Gasteiger partial charge in [0.15, 0.2) is 23.4 Å². The van der Waals surface area contributed by atoms with E-state index in [4.69, 9.17) is 9.47 Å². The van der Waals surface area contributed by atoms with Crippen LogP contribution in [0.25, 0.3) is 16.7 Å². The normalized spacial score (nSPS) is 19.9. The molecule has 0 saturated carbocycles. The van der Waals surface area contributed by atoms with E-state index in [2.05, 4.69) is 21.5 Å². The van der Waals surface area contributed by atoms with Crippen molar-refractivity contribution in [3.8, 4) is 5.88 Å². The molecular weight excluding hydrogens is 389 g/mol. The van der Waals surface area contributed by atoms with Gasteiger partial charge in [-0.3, -0.25) is 0 Å². The van der Waals surface area contributed by atoms with Crippen molar-refractivity contribution in [2.45, 2.75) is 59.0 Å². The Labute approximate surface area is 175 Å². The highest BCUT2D eigenvalue weighted by Crippen LogP contribution is 2.28. The number of aromatic nitrogens is 4. The molecule has 1 aliphatic heterocycles. The molecule has 3 rings (SSSR count). The zero-order chi connectivity index (χ0) is 22.1. The van der Waals surface area contributed by atoms with E-state index in [0.717, 1.165) is 5.57 Å². The summed E-state index contributed by atoms with van der Waals surface area (Å²) < 4.78 is 27.8. The minimum absolute atomic E-state index is 0.0652. The quantitative estimate of drug-likeness (QED) is 0.689. The minimum atomic E-state index is -1.37. The first-order chi connectivity index (χ1) is 14.2. The SMILES string of the molecule is C=CC(=CC)c1nc2c(OC3CN(C(=O)OC(C)(C)C)CC3F)ncnc2n1CC. The standard InChI is InChI=1S/C21H28FN5O3/c1-7-13(8-2)17-25-16-18(27(17)9-3)23-12-24-19(16)29-15-11-26(10-14(15)22)20(28)30-21(4,5)6/h7-8,12,14-15H,1,9-11H2,2-6H3. The maximum Gasteiger partial charge on any atom is 0.410 e. The molecule has 2 aromatic heterocycles. The third-order valence-corrected chi connectivity index (χ3v) is 4.72. The molecule has 3 heterocycles. The van der Waals surface area contributed by atoms with Crippen LogP contribution < -0.4 is 4.74 Å². The number of nitrogens with zero attached hydrogens (tertiary/aromatic N) is 5. The third-order valence-electron chi connectivity index (χ3n) is 4.72. The Kier molecular flexibility index (Phi) is 6.09. The number of allylic oxidation sites excluding steroid dienone is 3. The van der Waals surface area contributed by atoms with E-state index >= 15 is 0 Å². The number of alkyl halides is 1. The van der Waals surface area contributed by atoms with Crippen LogP contribution in [0.15, 0.2) is 25.1 Å². The molecule has 0 radical (unpaired) electrons. The highest BCUT2D eigenvalue weighted by atomic mass is 19.1. The van der Waals surface area contributed by atoms with E-state index in [1.54, 1.807) is 26.8 Å². The molecule has 1 aliphatic rings. The van der Waals surface area contributed by atoms with Crippen molar-refractivity contribution < 1.29 is 18.7 Å². The summed E-state index contributed by atoms with van der Waals surface area (Å²) in [5.41, 5.74) is 1.23. The average molecular weight is 417 g/mol. The largest absolute Gasteiger partial charge is 0.468 e. The number of amides is 1. The van der Waals surface area contributed by atoms with Crippen LogP contribution in [0.4, 0.5) is 9.18 Å². The van der Waals surface area contributed by atoms with Crippen LogP contribution in [0.1, 0.15) is 40.4 Å². The van der Waals surface area contributed by atoms with Gasteiger partial charge in [-0.15, -0.1) is 0 Å². The summed E-state index contributed by atoms with van der Waals surface area (Å²) in [5.74, 6) is 0.876. The number of carbonyl (C=O) groups is 1. The minimum Gasteiger partial charge on any atom is -0.468 e. The van der Waals surface area contributed by atoms with E-state index in [-0.39, 0.29) is 19.0 Å². The second kappa shape index (κ2) is 8.41.